The molecule has 92 valence electrons. The summed E-state index contributed by atoms with van der Waals surface area (Å²) in [4.78, 5) is 23.0. The molecule has 0 saturated carbocycles. The molecule has 1 aromatic heterocycles. The van der Waals surface area contributed by atoms with E-state index in [0.29, 0.717) is 5.56 Å². The van der Waals surface area contributed by atoms with E-state index >= 15 is 0 Å². The van der Waals surface area contributed by atoms with Gasteiger partial charge < -0.3 is 9.15 Å². The monoisotopic (exact) mass is 244 g/mol. The normalized spacial score (nSPS) is 10.1. The van der Waals surface area contributed by atoms with Gasteiger partial charge in [0.15, 0.2) is 0 Å². The summed E-state index contributed by atoms with van der Waals surface area (Å²) in [6.45, 7) is 1.99. The minimum Gasteiger partial charge on any atom is -0.462 e. The lowest BCUT2D eigenvalue weighted by molar-refractivity contribution is 0.0524. The molecule has 1 aromatic carbocycles. The Balaban J connectivity index is 2.55. The molecule has 0 spiro atoms. The van der Waals surface area contributed by atoms with Crippen molar-refractivity contribution < 1.29 is 13.9 Å². The summed E-state index contributed by atoms with van der Waals surface area (Å²) >= 11 is 0. The van der Waals surface area contributed by atoms with E-state index in [9.17, 15) is 9.59 Å². The Morgan fingerprint density at radius 3 is 2.67 bits per heavy atom. The SMILES string of the molecule is CCOC(=O)c1coc(=O)cc1-c1ccccc1. The number of carbonyl (C=O) groups is 1. The van der Waals surface area contributed by atoms with Gasteiger partial charge in [-0.3, -0.25) is 0 Å². The van der Waals surface area contributed by atoms with E-state index in [4.69, 9.17) is 9.15 Å². The molecular weight excluding hydrogens is 232 g/mol. The fourth-order valence-corrected chi connectivity index (χ4v) is 1.63. The molecule has 0 aliphatic carbocycles. The molecule has 4 heteroatoms. The van der Waals surface area contributed by atoms with Crippen molar-refractivity contribution in [3.05, 3.63) is 58.6 Å². The van der Waals surface area contributed by atoms with Crippen LogP contribution in [-0.4, -0.2) is 12.6 Å². The number of ether oxygens (including phenoxy) is 1. The van der Waals surface area contributed by atoms with Gasteiger partial charge in [-0.15, -0.1) is 0 Å². The Morgan fingerprint density at radius 1 is 1.28 bits per heavy atom. The first kappa shape index (κ1) is 12.1. The van der Waals surface area contributed by atoms with Gasteiger partial charge in [0.1, 0.15) is 11.8 Å². The summed E-state index contributed by atoms with van der Waals surface area (Å²) in [5.41, 5.74) is 1.04. The third kappa shape index (κ3) is 2.48. The second kappa shape index (κ2) is 5.31. The van der Waals surface area contributed by atoms with Crippen molar-refractivity contribution in [3.63, 3.8) is 0 Å². The predicted octanol–water partition coefficient (Wildman–Crippen LogP) is 2.48. The highest BCUT2D eigenvalue weighted by atomic mass is 16.5. The summed E-state index contributed by atoms with van der Waals surface area (Å²) in [5.74, 6) is -0.500. The Labute approximate surface area is 104 Å². The molecule has 0 N–H and O–H groups in total. The second-order valence-electron chi connectivity index (χ2n) is 3.61. The number of esters is 1. The summed E-state index contributed by atoms with van der Waals surface area (Å²) < 4.78 is 9.66. The van der Waals surface area contributed by atoms with Crippen molar-refractivity contribution in [2.45, 2.75) is 6.92 Å². The van der Waals surface area contributed by atoms with Crippen LogP contribution in [0.5, 0.6) is 0 Å². The highest BCUT2D eigenvalue weighted by Crippen LogP contribution is 2.22. The van der Waals surface area contributed by atoms with E-state index < -0.39 is 11.6 Å². The molecule has 0 saturated heterocycles. The van der Waals surface area contributed by atoms with Gasteiger partial charge in [0.05, 0.1) is 6.61 Å². The molecule has 0 amide bonds. The molecule has 0 aliphatic heterocycles. The van der Waals surface area contributed by atoms with Gasteiger partial charge in [-0.2, -0.15) is 0 Å². The Morgan fingerprint density at radius 2 is 2.00 bits per heavy atom. The van der Waals surface area contributed by atoms with E-state index in [2.05, 4.69) is 0 Å². The van der Waals surface area contributed by atoms with Crippen LogP contribution >= 0.6 is 0 Å². The van der Waals surface area contributed by atoms with Crippen molar-refractivity contribution in [3.8, 4) is 11.1 Å². The number of benzene rings is 1. The molecule has 1 heterocycles. The quantitative estimate of drug-likeness (QED) is 0.778. The number of rotatable bonds is 3. The second-order valence-corrected chi connectivity index (χ2v) is 3.61. The molecule has 0 aliphatic rings. The summed E-state index contributed by atoms with van der Waals surface area (Å²) in [6, 6.07) is 10.5. The molecule has 0 unspecified atom stereocenters. The van der Waals surface area contributed by atoms with E-state index in [1.54, 1.807) is 6.92 Å². The minimum atomic E-state index is -0.500. The highest BCUT2D eigenvalue weighted by Gasteiger charge is 2.15. The van der Waals surface area contributed by atoms with Crippen LogP contribution in [0.15, 0.2) is 51.9 Å². The van der Waals surface area contributed by atoms with Crippen molar-refractivity contribution in [2.75, 3.05) is 6.61 Å². The predicted molar refractivity (Wildman–Crippen MR) is 66.4 cm³/mol. The van der Waals surface area contributed by atoms with E-state index in [-0.39, 0.29) is 12.2 Å². The Kier molecular flexibility index (Phi) is 3.57. The molecule has 4 nitrogen and oxygen atoms in total. The lowest BCUT2D eigenvalue weighted by Gasteiger charge is -2.07. The van der Waals surface area contributed by atoms with Crippen LogP contribution in [0.25, 0.3) is 11.1 Å². The molecular formula is C14H12O4. The number of hydrogen-bond donors (Lipinski definition) is 0. The number of hydrogen-bond acceptors (Lipinski definition) is 4. The van der Waals surface area contributed by atoms with Gasteiger partial charge in [-0.1, -0.05) is 30.3 Å². The summed E-state index contributed by atoms with van der Waals surface area (Å²) in [7, 11) is 0. The molecule has 0 bridgehead atoms. The fourth-order valence-electron chi connectivity index (χ4n) is 1.63. The van der Waals surface area contributed by atoms with Gasteiger partial charge in [-0.25, -0.2) is 9.59 Å². The van der Waals surface area contributed by atoms with Crippen LogP contribution in [0.3, 0.4) is 0 Å². The lowest BCUT2D eigenvalue weighted by atomic mass is 10.0. The summed E-state index contributed by atoms with van der Waals surface area (Å²) in [5, 5.41) is 0. The molecule has 0 radical (unpaired) electrons. The van der Waals surface area contributed by atoms with Crippen LogP contribution in [0, 0.1) is 0 Å². The maximum Gasteiger partial charge on any atom is 0.341 e. The maximum absolute atomic E-state index is 11.8. The van der Waals surface area contributed by atoms with Gasteiger partial charge in [0, 0.05) is 11.6 Å². The average Bonchev–Trinajstić information content (AvgIpc) is 2.40. The van der Waals surface area contributed by atoms with Crippen molar-refractivity contribution in [2.24, 2.45) is 0 Å². The Bertz CT molecular complexity index is 599. The third-order valence-electron chi connectivity index (χ3n) is 2.43. The zero-order chi connectivity index (χ0) is 13.0. The zero-order valence-electron chi connectivity index (χ0n) is 9.88. The zero-order valence-corrected chi connectivity index (χ0v) is 9.88. The number of carbonyl (C=O) groups excluding carboxylic acids is 1. The van der Waals surface area contributed by atoms with E-state index in [1.807, 2.05) is 30.3 Å². The fraction of sp³-hybridized carbons (Fsp3) is 0.143. The first-order valence-electron chi connectivity index (χ1n) is 5.57. The van der Waals surface area contributed by atoms with Crippen LogP contribution in [0.2, 0.25) is 0 Å². The molecule has 2 aromatic rings. The van der Waals surface area contributed by atoms with Gasteiger partial charge in [0.25, 0.3) is 0 Å². The first-order chi connectivity index (χ1) is 8.72. The maximum atomic E-state index is 11.8. The average molecular weight is 244 g/mol. The van der Waals surface area contributed by atoms with E-state index in [1.165, 1.54) is 6.07 Å². The van der Waals surface area contributed by atoms with Crippen LogP contribution < -0.4 is 5.63 Å². The van der Waals surface area contributed by atoms with Crippen molar-refractivity contribution in [1.82, 2.24) is 0 Å². The van der Waals surface area contributed by atoms with E-state index in [0.717, 1.165) is 11.8 Å². The first-order valence-corrected chi connectivity index (χ1v) is 5.57. The standard InChI is InChI=1S/C14H12O4/c1-2-17-14(16)12-9-18-13(15)8-11(12)10-6-4-3-5-7-10/h3-9H,2H2,1H3. The molecule has 2 rings (SSSR count). The highest BCUT2D eigenvalue weighted by molar-refractivity contribution is 5.96. The van der Waals surface area contributed by atoms with Gasteiger partial charge >= 0.3 is 11.6 Å². The topological polar surface area (TPSA) is 56.5 Å². The molecule has 0 fully saturated rings. The van der Waals surface area contributed by atoms with Crippen molar-refractivity contribution >= 4 is 5.97 Å². The van der Waals surface area contributed by atoms with Crippen LogP contribution in [0.4, 0.5) is 0 Å². The molecule has 18 heavy (non-hydrogen) atoms. The molecule has 0 atom stereocenters. The third-order valence-corrected chi connectivity index (χ3v) is 2.43. The smallest absolute Gasteiger partial charge is 0.341 e. The minimum absolute atomic E-state index is 0.252. The van der Waals surface area contributed by atoms with Crippen molar-refractivity contribution in [1.29, 1.82) is 0 Å². The van der Waals surface area contributed by atoms with Gasteiger partial charge in [-0.05, 0) is 12.5 Å². The summed E-state index contributed by atoms with van der Waals surface area (Å²) in [6.07, 6.45) is 1.14. The Hall–Kier alpha value is -2.36. The van der Waals surface area contributed by atoms with Gasteiger partial charge in [0.2, 0.25) is 0 Å². The largest absolute Gasteiger partial charge is 0.462 e. The lowest BCUT2D eigenvalue weighted by Crippen LogP contribution is -2.09. The van der Waals surface area contributed by atoms with Crippen LogP contribution in [-0.2, 0) is 4.74 Å². The van der Waals surface area contributed by atoms with Crippen LogP contribution in [0.1, 0.15) is 17.3 Å².